The molecule has 0 aliphatic rings. The first-order valence-electron chi connectivity index (χ1n) is 7.58. The Labute approximate surface area is 156 Å². The van der Waals surface area contributed by atoms with Gasteiger partial charge in [-0.25, -0.2) is 8.78 Å². The van der Waals surface area contributed by atoms with Crippen LogP contribution >= 0.6 is 23.2 Å². The van der Waals surface area contributed by atoms with Gasteiger partial charge in [0.25, 0.3) is 0 Å². The Kier molecular flexibility index (Phi) is 3.90. The molecular weight excluding hydrogens is 381 g/mol. The van der Waals surface area contributed by atoms with E-state index in [1.807, 2.05) is 0 Å². The molecule has 0 aromatic heterocycles. The summed E-state index contributed by atoms with van der Waals surface area (Å²) in [5, 5.41) is 22.5. The molecule has 0 aliphatic heterocycles. The van der Waals surface area contributed by atoms with Gasteiger partial charge in [0.05, 0.1) is 0 Å². The molecule has 6 heteroatoms. The van der Waals surface area contributed by atoms with Crippen molar-refractivity contribution in [3.63, 3.8) is 0 Å². The topological polar surface area (TPSA) is 40.5 Å². The number of aromatic hydroxyl groups is 2. The fourth-order valence-corrected chi connectivity index (χ4v) is 3.43. The predicted octanol–water partition coefficient (Wildman–Crippen LogP) is 6.66. The normalized spacial score (nSPS) is 11.4. The van der Waals surface area contributed by atoms with E-state index in [1.165, 1.54) is 36.4 Å². The fourth-order valence-electron chi connectivity index (χ4n) is 3.09. The Bertz CT molecular complexity index is 1110. The standard InChI is InChI=1S/C20H10Cl2F2O2/c21-9-1-3-11-13(5-9)17(23)7-15(19(11)25)16-8-18(24)14-6-10(22)2-4-12(14)20(16)26/h1-8,25-26H. The summed E-state index contributed by atoms with van der Waals surface area (Å²) < 4.78 is 29.1. The minimum absolute atomic E-state index is 0.0226. The summed E-state index contributed by atoms with van der Waals surface area (Å²) in [6, 6.07) is 10.8. The molecule has 0 radical (unpaired) electrons. The van der Waals surface area contributed by atoms with E-state index in [0.717, 1.165) is 12.1 Å². The Morgan fingerprint density at radius 1 is 0.577 bits per heavy atom. The summed E-state index contributed by atoms with van der Waals surface area (Å²) in [7, 11) is 0. The second-order valence-corrected chi connectivity index (χ2v) is 6.76. The smallest absolute Gasteiger partial charge is 0.131 e. The molecule has 0 atom stereocenters. The first kappa shape index (κ1) is 16.9. The second kappa shape index (κ2) is 6.01. The average Bonchev–Trinajstić information content (AvgIpc) is 2.61. The highest BCUT2D eigenvalue weighted by Gasteiger charge is 2.19. The minimum atomic E-state index is -0.647. The second-order valence-electron chi connectivity index (χ2n) is 5.89. The molecule has 0 fully saturated rings. The maximum atomic E-state index is 14.5. The van der Waals surface area contributed by atoms with Gasteiger partial charge in [0.15, 0.2) is 0 Å². The number of hydrogen-bond acceptors (Lipinski definition) is 2. The van der Waals surface area contributed by atoms with Crippen molar-refractivity contribution in [1.29, 1.82) is 0 Å². The van der Waals surface area contributed by atoms with Gasteiger partial charge in [0, 0.05) is 42.7 Å². The monoisotopic (exact) mass is 390 g/mol. The maximum Gasteiger partial charge on any atom is 0.131 e. The highest BCUT2D eigenvalue weighted by molar-refractivity contribution is 6.31. The lowest BCUT2D eigenvalue weighted by atomic mass is 9.95. The van der Waals surface area contributed by atoms with Crippen molar-refractivity contribution in [1.82, 2.24) is 0 Å². The minimum Gasteiger partial charge on any atom is -0.507 e. The highest BCUT2D eigenvalue weighted by atomic mass is 35.5. The van der Waals surface area contributed by atoms with E-state index in [2.05, 4.69) is 0 Å². The lowest BCUT2D eigenvalue weighted by Gasteiger charge is -2.13. The van der Waals surface area contributed by atoms with E-state index < -0.39 is 11.6 Å². The van der Waals surface area contributed by atoms with Gasteiger partial charge in [-0.2, -0.15) is 0 Å². The molecule has 130 valence electrons. The van der Waals surface area contributed by atoms with E-state index in [9.17, 15) is 19.0 Å². The van der Waals surface area contributed by atoms with Crippen molar-refractivity contribution in [2.24, 2.45) is 0 Å². The fraction of sp³-hybridized carbons (Fsp3) is 0. The van der Waals surface area contributed by atoms with Crippen molar-refractivity contribution < 1.29 is 19.0 Å². The first-order valence-corrected chi connectivity index (χ1v) is 8.34. The van der Waals surface area contributed by atoms with E-state index in [1.54, 1.807) is 0 Å². The zero-order valence-corrected chi connectivity index (χ0v) is 14.5. The van der Waals surface area contributed by atoms with E-state index in [4.69, 9.17) is 23.2 Å². The van der Waals surface area contributed by atoms with Gasteiger partial charge in [0.1, 0.15) is 23.1 Å². The summed E-state index contributed by atoms with van der Waals surface area (Å²) in [5.41, 5.74) is -0.0452. The molecule has 2 N–H and O–H groups in total. The quantitative estimate of drug-likeness (QED) is 0.381. The SMILES string of the molecule is Oc1c(-c2cc(F)c3cc(Cl)ccc3c2O)cc(F)c2cc(Cl)ccc12. The summed E-state index contributed by atoms with van der Waals surface area (Å²) in [6.45, 7) is 0. The Balaban J connectivity index is 2.07. The largest absolute Gasteiger partial charge is 0.507 e. The number of rotatable bonds is 1. The van der Waals surface area contributed by atoms with Crippen LogP contribution in [0.1, 0.15) is 0 Å². The van der Waals surface area contributed by atoms with E-state index in [0.29, 0.717) is 10.0 Å². The lowest BCUT2D eigenvalue weighted by Crippen LogP contribution is -1.90. The maximum absolute atomic E-state index is 14.5. The number of fused-ring (bicyclic) bond motifs is 2. The molecule has 4 aromatic rings. The third kappa shape index (κ3) is 2.54. The lowest BCUT2D eigenvalue weighted by molar-refractivity contribution is 0.474. The van der Waals surface area contributed by atoms with Crippen molar-refractivity contribution in [2.75, 3.05) is 0 Å². The van der Waals surface area contributed by atoms with Crippen LogP contribution in [0.4, 0.5) is 8.78 Å². The van der Waals surface area contributed by atoms with Gasteiger partial charge in [-0.1, -0.05) is 23.2 Å². The van der Waals surface area contributed by atoms with Crippen molar-refractivity contribution in [2.45, 2.75) is 0 Å². The molecule has 0 saturated heterocycles. The van der Waals surface area contributed by atoms with Crippen LogP contribution in [-0.2, 0) is 0 Å². The van der Waals surface area contributed by atoms with Crippen LogP contribution < -0.4 is 0 Å². The van der Waals surface area contributed by atoms with Crippen LogP contribution in [0.3, 0.4) is 0 Å². The molecule has 0 aliphatic carbocycles. The van der Waals surface area contributed by atoms with E-state index in [-0.39, 0.29) is 44.2 Å². The third-order valence-electron chi connectivity index (χ3n) is 4.33. The van der Waals surface area contributed by atoms with Gasteiger partial charge >= 0.3 is 0 Å². The molecular formula is C20H10Cl2F2O2. The average molecular weight is 391 g/mol. The molecule has 0 unspecified atom stereocenters. The molecule has 0 heterocycles. The molecule has 4 aromatic carbocycles. The van der Waals surface area contributed by atoms with E-state index >= 15 is 0 Å². The number of halogens is 4. The van der Waals surface area contributed by atoms with Gasteiger partial charge in [0.2, 0.25) is 0 Å². The summed E-state index contributed by atoms with van der Waals surface area (Å²) in [4.78, 5) is 0. The molecule has 2 nitrogen and oxygen atoms in total. The third-order valence-corrected chi connectivity index (χ3v) is 4.80. The number of hydrogen-bond donors (Lipinski definition) is 2. The number of benzene rings is 4. The van der Waals surface area contributed by atoms with Crippen molar-refractivity contribution >= 4 is 44.7 Å². The van der Waals surface area contributed by atoms with Crippen LogP contribution in [0, 0.1) is 11.6 Å². The molecule has 4 rings (SSSR count). The first-order chi connectivity index (χ1) is 12.4. The molecule has 0 bridgehead atoms. The van der Waals surface area contributed by atoms with Crippen molar-refractivity contribution in [3.8, 4) is 22.6 Å². The van der Waals surface area contributed by atoms with Gasteiger partial charge < -0.3 is 10.2 Å². The van der Waals surface area contributed by atoms with Crippen molar-refractivity contribution in [3.05, 3.63) is 70.2 Å². The molecule has 0 amide bonds. The predicted molar refractivity (Wildman–Crippen MR) is 100 cm³/mol. The zero-order chi connectivity index (χ0) is 18.6. The Morgan fingerprint density at radius 2 is 0.962 bits per heavy atom. The number of phenols is 2. The van der Waals surface area contributed by atoms with Crippen LogP contribution in [0.5, 0.6) is 11.5 Å². The Hall–Kier alpha value is -2.56. The van der Waals surface area contributed by atoms with Crippen LogP contribution in [0.2, 0.25) is 10.0 Å². The summed E-state index contributed by atoms with van der Waals surface area (Å²) in [5.74, 6) is -1.85. The highest BCUT2D eigenvalue weighted by Crippen LogP contribution is 2.44. The zero-order valence-electron chi connectivity index (χ0n) is 13.0. The summed E-state index contributed by atoms with van der Waals surface area (Å²) >= 11 is 11.8. The van der Waals surface area contributed by atoms with Crippen LogP contribution in [-0.4, -0.2) is 10.2 Å². The van der Waals surface area contributed by atoms with Crippen LogP contribution in [0.15, 0.2) is 48.5 Å². The van der Waals surface area contributed by atoms with Gasteiger partial charge in [-0.15, -0.1) is 0 Å². The Morgan fingerprint density at radius 3 is 1.35 bits per heavy atom. The van der Waals surface area contributed by atoms with Gasteiger partial charge in [-0.3, -0.25) is 0 Å². The van der Waals surface area contributed by atoms with Crippen LogP contribution in [0.25, 0.3) is 32.7 Å². The number of phenolic OH excluding ortho intramolecular Hbond substituents is 2. The molecule has 26 heavy (non-hydrogen) atoms. The molecule has 0 saturated carbocycles. The molecule has 0 spiro atoms. The van der Waals surface area contributed by atoms with Gasteiger partial charge in [-0.05, 0) is 48.5 Å². The summed E-state index contributed by atoms with van der Waals surface area (Å²) in [6.07, 6.45) is 0.